The predicted molar refractivity (Wildman–Crippen MR) is 60.5 cm³/mol. The molecule has 1 aliphatic carbocycles. The number of hydrogen-bond acceptors (Lipinski definition) is 2. The van der Waals surface area contributed by atoms with E-state index in [1.54, 1.807) is 0 Å². The summed E-state index contributed by atoms with van der Waals surface area (Å²) in [6.07, 6.45) is 10.8. The molecule has 84 valence electrons. The van der Waals surface area contributed by atoms with Gasteiger partial charge in [0.05, 0.1) is 0 Å². The molecule has 15 heavy (non-hydrogen) atoms. The van der Waals surface area contributed by atoms with Crippen molar-refractivity contribution in [1.82, 2.24) is 0 Å². The number of carboxylic acids is 1. The minimum atomic E-state index is -0.975. The van der Waals surface area contributed by atoms with Crippen molar-refractivity contribution in [3.63, 3.8) is 0 Å². The molecule has 0 spiro atoms. The number of aliphatic carboxylic acids is 1. The predicted octanol–water partition coefficient (Wildman–Crippen LogP) is 2.09. The first-order valence-corrected chi connectivity index (χ1v) is 5.41. The number of hydrogen-bond donors (Lipinski definition) is 2. The van der Waals surface area contributed by atoms with Gasteiger partial charge in [-0.2, -0.15) is 0 Å². The summed E-state index contributed by atoms with van der Waals surface area (Å²) in [5, 5.41) is 8.79. The lowest BCUT2D eigenvalue weighted by molar-refractivity contribution is -0.139. The molecule has 1 saturated carbocycles. The van der Waals surface area contributed by atoms with Crippen molar-refractivity contribution >= 4 is 5.97 Å². The number of carboxylic acid groups (broad SMARTS) is 1. The summed E-state index contributed by atoms with van der Waals surface area (Å²) in [6.45, 7) is 3.66. The molecule has 3 nitrogen and oxygen atoms in total. The Labute approximate surface area is 90.7 Å². The van der Waals surface area contributed by atoms with E-state index in [1.165, 1.54) is 0 Å². The summed E-state index contributed by atoms with van der Waals surface area (Å²) in [5.41, 5.74) is 4.66. The summed E-state index contributed by atoms with van der Waals surface area (Å²) in [6, 6.07) is 0. The SMILES string of the molecule is C=CCCCC/C=C\C1C[C@]1(N)C(=O)O. The van der Waals surface area contributed by atoms with Gasteiger partial charge in [-0.3, -0.25) is 4.79 Å². The Bertz CT molecular complexity index is 273. The van der Waals surface area contributed by atoms with Gasteiger partial charge < -0.3 is 10.8 Å². The largest absolute Gasteiger partial charge is 0.480 e. The lowest BCUT2D eigenvalue weighted by Crippen LogP contribution is -2.34. The molecule has 2 atom stereocenters. The summed E-state index contributed by atoms with van der Waals surface area (Å²) in [5.74, 6) is -0.849. The average molecular weight is 209 g/mol. The molecule has 0 aromatic rings. The van der Waals surface area contributed by atoms with Crippen molar-refractivity contribution in [2.75, 3.05) is 0 Å². The third-order valence-corrected chi connectivity index (χ3v) is 2.85. The van der Waals surface area contributed by atoms with E-state index in [1.807, 2.05) is 18.2 Å². The number of rotatable bonds is 7. The lowest BCUT2D eigenvalue weighted by atomic mass is 10.1. The van der Waals surface area contributed by atoms with Crippen LogP contribution in [0.15, 0.2) is 24.8 Å². The van der Waals surface area contributed by atoms with Crippen LogP contribution < -0.4 is 5.73 Å². The molecule has 0 aromatic heterocycles. The average Bonchev–Trinajstić information content (AvgIpc) is 2.85. The van der Waals surface area contributed by atoms with Crippen LogP contribution in [0.2, 0.25) is 0 Å². The smallest absolute Gasteiger partial charge is 0.324 e. The van der Waals surface area contributed by atoms with E-state index >= 15 is 0 Å². The molecular formula is C12H19NO2. The van der Waals surface area contributed by atoms with Gasteiger partial charge in [0, 0.05) is 5.92 Å². The van der Waals surface area contributed by atoms with Gasteiger partial charge in [0.1, 0.15) is 5.54 Å². The summed E-state index contributed by atoms with van der Waals surface area (Å²) in [4.78, 5) is 10.7. The third-order valence-electron chi connectivity index (χ3n) is 2.85. The standard InChI is InChI=1S/C12H19NO2/c1-2-3-4-5-6-7-8-10-9-12(10,13)11(14)15/h2,7-8,10H,1,3-6,9,13H2,(H,14,15)/b8-7-/t10?,12-/m1/s1. The van der Waals surface area contributed by atoms with E-state index in [-0.39, 0.29) is 5.92 Å². The van der Waals surface area contributed by atoms with E-state index in [0.717, 1.165) is 25.7 Å². The van der Waals surface area contributed by atoms with Crippen molar-refractivity contribution in [1.29, 1.82) is 0 Å². The fourth-order valence-corrected chi connectivity index (χ4v) is 1.60. The Morgan fingerprint density at radius 2 is 2.20 bits per heavy atom. The summed E-state index contributed by atoms with van der Waals surface area (Å²) in [7, 11) is 0. The molecule has 1 rings (SSSR count). The second-order valence-corrected chi connectivity index (χ2v) is 4.16. The highest BCUT2D eigenvalue weighted by atomic mass is 16.4. The van der Waals surface area contributed by atoms with Crippen molar-refractivity contribution < 1.29 is 9.90 Å². The second-order valence-electron chi connectivity index (χ2n) is 4.16. The zero-order valence-electron chi connectivity index (χ0n) is 8.98. The highest BCUT2D eigenvalue weighted by Gasteiger charge is 2.56. The van der Waals surface area contributed by atoms with Crippen LogP contribution in [0.5, 0.6) is 0 Å². The van der Waals surface area contributed by atoms with Crippen LogP contribution >= 0.6 is 0 Å². The maximum atomic E-state index is 10.7. The molecule has 0 bridgehead atoms. The third kappa shape index (κ3) is 3.20. The quantitative estimate of drug-likeness (QED) is 0.498. The highest BCUT2D eigenvalue weighted by molar-refractivity contribution is 5.83. The van der Waals surface area contributed by atoms with E-state index in [2.05, 4.69) is 6.58 Å². The zero-order chi connectivity index (χ0) is 11.3. The molecule has 0 aromatic carbocycles. The van der Waals surface area contributed by atoms with E-state index < -0.39 is 11.5 Å². The second kappa shape index (κ2) is 5.12. The molecule has 1 fully saturated rings. The fraction of sp³-hybridized carbons (Fsp3) is 0.583. The van der Waals surface area contributed by atoms with Crippen LogP contribution in [0.3, 0.4) is 0 Å². The van der Waals surface area contributed by atoms with Gasteiger partial charge >= 0.3 is 5.97 Å². The molecule has 0 heterocycles. The van der Waals surface area contributed by atoms with Crippen molar-refractivity contribution in [2.45, 2.75) is 37.6 Å². The minimum absolute atomic E-state index is 0.0365. The Morgan fingerprint density at radius 1 is 1.53 bits per heavy atom. The summed E-state index contributed by atoms with van der Waals surface area (Å²) >= 11 is 0. The van der Waals surface area contributed by atoms with Gasteiger partial charge in [0.25, 0.3) is 0 Å². The summed E-state index contributed by atoms with van der Waals surface area (Å²) < 4.78 is 0. The van der Waals surface area contributed by atoms with E-state index in [9.17, 15) is 4.79 Å². The monoisotopic (exact) mass is 209 g/mol. The molecule has 1 aliphatic rings. The maximum absolute atomic E-state index is 10.7. The highest BCUT2D eigenvalue weighted by Crippen LogP contribution is 2.42. The molecular weight excluding hydrogens is 190 g/mol. The first-order valence-electron chi connectivity index (χ1n) is 5.41. The number of allylic oxidation sites excluding steroid dienone is 2. The van der Waals surface area contributed by atoms with Crippen LogP contribution in [-0.2, 0) is 4.79 Å². The first kappa shape index (κ1) is 12.0. The fourth-order valence-electron chi connectivity index (χ4n) is 1.60. The topological polar surface area (TPSA) is 63.3 Å². The van der Waals surface area contributed by atoms with Gasteiger partial charge in [0.15, 0.2) is 0 Å². The van der Waals surface area contributed by atoms with Gasteiger partial charge in [-0.05, 0) is 32.1 Å². The Morgan fingerprint density at radius 3 is 2.73 bits per heavy atom. The lowest BCUT2D eigenvalue weighted by Gasteiger charge is -2.00. The van der Waals surface area contributed by atoms with Crippen LogP contribution in [0.25, 0.3) is 0 Å². The van der Waals surface area contributed by atoms with Crippen LogP contribution in [0.4, 0.5) is 0 Å². The Balaban J connectivity index is 2.13. The Kier molecular flexibility index (Phi) is 4.09. The molecule has 3 N–H and O–H groups in total. The van der Waals surface area contributed by atoms with Crippen LogP contribution in [0.1, 0.15) is 32.1 Å². The molecule has 1 unspecified atom stereocenters. The van der Waals surface area contributed by atoms with Gasteiger partial charge in [-0.1, -0.05) is 18.2 Å². The first-order chi connectivity index (χ1) is 7.11. The number of nitrogens with two attached hydrogens (primary N) is 1. The van der Waals surface area contributed by atoms with Crippen molar-refractivity contribution in [3.8, 4) is 0 Å². The number of carbonyl (C=O) groups is 1. The molecule has 0 radical (unpaired) electrons. The van der Waals surface area contributed by atoms with Crippen LogP contribution in [0, 0.1) is 5.92 Å². The van der Waals surface area contributed by atoms with E-state index in [4.69, 9.17) is 10.8 Å². The molecule has 0 amide bonds. The minimum Gasteiger partial charge on any atom is -0.480 e. The molecule has 0 saturated heterocycles. The van der Waals surface area contributed by atoms with Gasteiger partial charge in [-0.25, -0.2) is 0 Å². The van der Waals surface area contributed by atoms with Crippen molar-refractivity contribution in [3.05, 3.63) is 24.8 Å². The van der Waals surface area contributed by atoms with Gasteiger partial charge in [-0.15, -0.1) is 6.58 Å². The normalized spacial score (nSPS) is 29.3. The van der Waals surface area contributed by atoms with E-state index in [0.29, 0.717) is 6.42 Å². The van der Waals surface area contributed by atoms with Crippen LogP contribution in [-0.4, -0.2) is 16.6 Å². The van der Waals surface area contributed by atoms with Crippen molar-refractivity contribution in [2.24, 2.45) is 11.7 Å². The zero-order valence-corrected chi connectivity index (χ0v) is 8.98. The molecule has 3 heteroatoms. The Hall–Kier alpha value is -1.09. The van der Waals surface area contributed by atoms with Gasteiger partial charge in [0.2, 0.25) is 0 Å². The number of unbranched alkanes of at least 4 members (excludes halogenated alkanes) is 3. The molecule has 0 aliphatic heterocycles. The maximum Gasteiger partial charge on any atom is 0.324 e.